The monoisotopic (exact) mass is 207 g/mol. The van der Waals surface area contributed by atoms with Gasteiger partial charge < -0.3 is 15.2 Å². The van der Waals surface area contributed by atoms with Gasteiger partial charge in [0.05, 0.1) is 12.5 Å². The number of hydrogen-bond donors (Lipinski definition) is 1. The number of aryl methyl sites for hydroxylation is 1. The van der Waals surface area contributed by atoms with Crippen LogP contribution in [0.2, 0.25) is 0 Å². The van der Waals surface area contributed by atoms with E-state index in [4.69, 9.17) is 5.73 Å². The normalized spacial score (nSPS) is 12.4. The topological polar surface area (TPSA) is 59.4 Å². The van der Waals surface area contributed by atoms with Crippen molar-refractivity contribution in [2.45, 2.75) is 6.92 Å². The third kappa shape index (κ3) is 2.59. The van der Waals surface area contributed by atoms with Gasteiger partial charge in [-0.2, -0.15) is 0 Å². The number of nitrogen functional groups attached to an aromatic ring is 1. The molecule has 0 saturated heterocycles. The number of rotatable bonds is 3. The van der Waals surface area contributed by atoms with E-state index in [2.05, 4.69) is 9.98 Å². The molecular formula is C10H17N5. The van der Waals surface area contributed by atoms with Crippen molar-refractivity contribution in [3.63, 3.8) is 0 Å². The van der Waals surface area contributed by atoms with E-state index in [1.807, 2.05) is 39.0 Å². The molecule has 1 aromatic heterocycles. The Balaban J connectivity index is 2.86. The minimum absolute atomic E-state index is 0.618. The average Bonchev–Trinajstić information content (AvgIpc) is 2.49. The molecule has 0 aliphatic carbocycles. The maximum Gasteiger partial charge on any atom is 0.132 e. The zero-order valence-corrected chi connectivity index (χ0v) is 9.60. The molecule has 0 aliphatic rings. The Morgan fingerprint density at radius 3 is 2.67 bits per heavy atom. The number of nitrogens with zero attached hydrogens (tertiary/aromatic N) is 4. The van der Waals surface area contributed by atoms with Crippen LogP contribution in [0.25, 0.3) is 0 Å². The number of anilines is 1. The van der Waals surface area contributed by atoms with Crippen molar-refractivity contribution in [2.75, 3.05) is 19.8 Å². The molecule has 1 heterocycles. The lowest BCUT2D eigenvalue weighted by Crippen LogP contribution is -2.09. The lowest BCUT2D eigenvalue weighted by molar-refractivity contribution is 0.506. The molecule has 0 spiro atoms. The maximum absolute atomic E-state index is 5.78. The minimum Gasteiger partial charge on any atom is -0.383 e. The molecule has 1 aromatic rings. The van der Waals surface area contributed by atoms with Gasteiger partial charge in [0, 0.05) is 21.1 Å². The molecule has 0 radical (unpaired) electrons. The maximum atomic E-state index is 5.78. The van der Waals surface area contributed by atoms with Crippen LogP contribution < -0.4 is 5.73 Å². The summed E-state index contributed by atoms with van der Waals surface area (Å²) in [6, 6.07) is 0. The molecule has 5 nitrogen and oxygen atoms in total. The van der Waals surface area contributed by atoms with Crippen molar-refractivity contribution < 1.29 is 0 Å². The van der Waals surface area contributed by atoms with Gasteiger partial charge in [0.25, 0.3) is 0 Å². The van der Waals surface area contributed by atoms with Crippen LogP contribution in [0.3, 0.4) is 0 Å². The molecule has 5 heteroatoms. The van der Waals surface area contributed by atoms with Crippen LogP contribution in [-0.4, -0.2) is 34.8 Å². The van der Waals surface area contributed by atoms with E-state index in [1.165, 1.54) is 0 Å². The first kappa shape index (κ1) is 11.3. The number of imidazole rings is 1. The fourth-order valence-corrected chi connectivity index (χ4v) is 1.13. The summed E-state index contributed by atoms with van der Waals surface area (Å²) in [5, 5.41) is 0. The highest BCUT2D eigenvalue weighted by atomic mass is 15.2. The molecule has 0 atom stereocenters. The summed E-state index contributed by atoms with van der Waals surface area (Å²) in [6.45, 7) is 1.94. The molecule has 82 valence electrons. The van der Waals surface area contributed by atoms with E-state index < -0.39 is 0 Å². The van der Waals surface area contributed by atoms with Crippen LogP contribution in [0.1, 0.15) is 12.6 Å². The summed E-state index contributed by atoms with van der Waals surface area (Å²) >= 11 is 0. The third-order valence-corrected chi connectivity index (χ3v) is 2.05. The van der Waals surface area contributed by atoms with E-state index in [9.17, 15) is 0 Å². The fraction of sp³-hybridized carbons (Fsp3) is 0.400. The fourth-order valence-electron chi connectivity index (χ4n) is 1.13. The van der Waals surface area contributed by atoms with E-state index in [0.29, 0.717) is 11.5 Å². The standard InChI is InChI=1S/C10H17N5/c1-5-9(14(2)3)12-6-8-10(11)15(4)7-13-8/h5-7H,11H2,1-4H3/b9-5+,12-6?. The lowest BCUT2D eigenvalue weighted by Gasteiger charge is -2.11. The Labute approximate surface area is 89.9 Å². The van der Waals surface area contributed by atoms with Gasteiger partial charge in [-0.25, -0.2) is 9.98 Å². The molecular weight excluding hydrogens is 190 g/mol. The Morgan fingerprint density at radius 1 is 1.60 bits per heavy atom. The third-order valence-electron chi connectivity index (χ3n) is 2.05. The molecule has 2 N–H and O–H groups in total. The Bertz CT molecular complexity index is 387. The first-order valence-electron chi connectivity index (χ1n) is 4.70. The largest absolute Gasteiger partial charge is 0.383 e. The van der Waals surface area contributed by atoms with Crippen molar-refractivity contribution in [1.29, 1.82) is 0 Å². The first-order valence-corrected chi connectivity index (χ1v) is 4.70. The lowest BCUT2D eigenvalue weighted by atomic mass is 10.4. The van der Waals surface area contributed by atoms with E-state index in [1.54, 1.807) is 17.1 Å². The zero-order chi connectivity index (χ0) is 11.4. The highest BCUT2D eigenvalue weighted by Crippen LogP contribution is 2.06. The average molecular weight is 207 g/mol. The van der Waals surface area contributed by atoms with Crippen LogP contribution in [0.5, 0.6) is 0 Å². The van der Waals surface area contributed by atoms with Gasteiger partial charge in [0.2, 0.25) is 0 Å². The van der Waals surface area contributed by atoms with Crippen molar-refractivity contribution in [3.8, 4) is 0 Å². The van der Waals surface area contributed by atoms with Crippen molar-refractivity contribution in [3.05, 3.63) is 23.9 Å². The summed E-state index contributed by atoms with van der Waals surface area (Å²) < 4.78 is 1.76. The van der Waals surface area contributed by atoms with Crippen LogP contribution in [0.15, 0.2) is 23.2 Å². The van der Waals surface area contributed by atoms with Crippen LogP contribution >= 0.6 is 0 Å². The van der Waals surface area contributed by atoms with Gasteiger partial charge in [-0.15, -0.1) is 0 Å². The second-order valence-electron chi connectivity index (χ2n) is 3.43. The Kier molecular flexibility index (Phi) is 3.49. The summed E-state index contributed by atoms with van der Waals surface area (Å²) in [5.74, 6) is 1.49. The summed E-state index contributed by atoms with van der Waals surface area (Å²) in [6.07, 6.45) is 5.27. The highest BCUT2D eigenvalue weighted by molar-refractivity contribution is 5.83. The molecule has 0 amide bonds. The van der Waals surface area contributed by atoms with E-state index in [-0.39, 0.29) is 0 Å². The van der Waals surface area contributed by atoms with Gasteiger partial charge in [-0.1, -0.05) is 0 Å². The molecule has 1 rings (SSSR count). The van der Waals surface area contributed by atoms with Crippen LogP contribution in [-0.2, 0) is 7.05 Å². The van der Waals surface area contributed by atoms with E-state index in [0.717, 1.165) is 5.82 Å². The zero-order valence-electron chi connectivity index (χ0n) is 9.60. The second kappa shape index (κ2) is 4.63. The van der Waals surface area contributed by atoms with Crippen LogP contribution in [0.4, 0.5) is 5.82 Å². The smallest absolute Gasteiger partial charge is 0.132 e. The summed E-state index contributed by atoms with van der Waals surface area (Å²) in [5.41, 5.74) is 6.48. The first-order chi connectivity index (χ1) is 7.06. The molecule has 0 unspecified atom stereocenters. The Hall–Kier alpha value is -1.78. The molecule has 0 aromatic carbocycles. The molecule has 0 aliphatic heterocycles. The summed E-state index contributed by atoms with van der Waals surface area (Å²) in [4.78, 5) is 10.3. The van der Waals surface area contributed by atoms with Gasteiger partial charge in [0.1, 0.15) is 17.3 Å². The highest BCUT2D eigenvalue weighted by Gasteiger charge is 2.01. The molecule has 15 heavy (non-hydrogen) atoms. The number of aliphatic imine (C=N–C) groups is 1. The van der Waals surface area contributed by atoms with Crippen molar-refractivity contribution in [2.24, 2.45) is 12.0 Å². The van der Waals surface area contributed by atoms with Gasteiger partial charge >= 0.3 is 0 Å². The van der Waals surface area contributed by atoms with Gasteiger partial charge in [-0.3, -0.25) is 0 Å². The minimum atomic E-state index is 0.618. The second-order valence-corrected chi connectivity index (χ2v) is 3.43. The van der Waals surface area contributed by atoms with Crippen molar-refractivity contribution >= 4 is 12.0 Å². The predicted octanol–water partition coefficient (Wildman–Crippen LogP) is 0.844. The van der Waals surface area contributed by atoms with Gasteiger partial charge in [-0.05, 0) is 13.0 Å². The number of aromatic nitrogens is 2. The Morgan fingerprint density at radius 2 is 2.27 bits per heavy atom. The molecule has 0 saturated carbocycles. The van der Waals surface area contributed by atoms with Crippen LogP contribution in [0, 0.1) is 0 Å². The molecule has 0 bridgehead atoms. The number of allylic oxidation sites excluding steroid dienone is 1. The quantitative estimate of drug-likeness (QED) is 0.747. The summed E-state index contributed by atoms with van der Waals surface area (Å²) in [7, 11) is 5.73. The number of hydrogen-bond acceptors (Lipinski definition) is 4. The number of nitrogens with two attached hydrogens (primary N) is 1. The SMILES string of the molecule is C/C=C(\N=Cc1ncn(C)c1N)N(C)C. The molecule has 0 fully saturated rings. The van der Waals surface area contributed by atoms with Crippen molar-refractivity contribution in [1.82, 2.24) is 14.5 Å². The predicted molar refractivity (Wildman–Crippen MR) is 62.7 cm³/mol. The van der Waals surface area contributed by atoms with Gasteiger partial charge in [0.15, 0.2) is 0 Å². The van der Waals surface area contributed by atoms with E-state index >= 15 is 0 Å².